The Morgan fingerprint density at radius 3 is 2.52 bits per heavy atom. The van der Waals surface area contributed by atoms with Crippen LogP contribution in [0, 0.1) is 11.8 Å². The van der Waals surface area contributed by atoms with E-state index in [0.29, 0.717) is 0 Å². The average Bonchev–Trinajstić information content (AvgIpc) is 2.47. The van der Waals surface area contributed by atoms with E-state index in [2.05, 4.69) is 18.7 Å². The van der Waals surface area contributed by atoms with Crippen LogP contribution >= 0.6 is 0 Å². The van der Waals surface area contributed by atoms with E-state index in [0.717, 1.165) is 48.3 Å². The number of hydrogen-bond donors (Lipinski definition) is 0. The van der Waals surface area contributed by atoms with Crippen molar-refractivity contribution in [3.05, 3.63) is 29.3 Å². The van der Waals surface area contributed by atoms with Crippen LogP contribution in [0.2, 0.25) is 0 Å². The number of piperidine rings is 1. The molecule has 21 heavy (non-hydrogen) atoms. The van der Waals surface area contributed by atoms with Gasteiger partial charge in [-0.2, -0.15) is 0 Å². The molecule has 1 aromatic rings. The van der Waals surface area contributed by atoms with Gasteiger partial charge in [-0.1, -0.05) is 13.8 Å². The second kappa shape index (κ2) is 7.08. The van der Waals surface area contributed by atoms with Crippen molar-refractivity contribution in [1.82, 2.24) is 4.90 Å². The van der Waals surface area contributed by atoms with Crippen LogP contribution in [0.15, 0.2) is 18.2 Å². The van der Waals surface area contributed by atoms with Gasteiger partial charge in [0.2, 0.25) is 0 Å². The number of hydrogen-bond acceptors (Lipinski definition) is 3. The number of likely N-dealkylation sites (tertiary alicyclic amines) is 1. The Hall–Kier alpha value is -1.35. The normalized spacial score (nSPS) is 17.2. The zero-order chi connectivity index (χ0) is 15.4. The summed E-state index contributed by atoms with van der Waals surface area (Å²) in [7, 11) is 1.69. The van der Waals surface area contributed by atoms with Gasteiger partial charge in [-0.3, -0.25) is 9.69 Å². The third kappa shape index (κ3) is 4.07. The largest absolute Gasteiger partial charge is 0.496 e. The van der Waals surface area contributed by atoms with Gasteiger partial charge in [0, 0.05) is 17.7 Å². The number of rotatable bonds is 5. The van der Waals surface area contributed by atoms with Gasteiger partial charge in [0.15, 0.2) is 5.78 Å². The van der Waals surface area contributed by atoms with E-state index in [4.69, 9.17) is 4.74 Å². The molecule has 0 atom stereocenters. The highest BCUT2D eigenvalue weighted by atomic mass is 16.5. The number of ketones is 1. The first-order chi connectivity index (χ1) is 10.0. The van der Waals surface area contributed by atoms with E-state index in [1.54, 1.807) is 14.0 Å². The molecule has 0 aromatic heterocycles. The van der Waals surface area contributed by atoms with E-state index in [-0.39, 0.29) is 5.78 Å². The van der Waals surface area contributed by atoms with Gasteiger partial charge in [0.25, 0.3) is 0 Å². The van der Waals surface area contributed by atoms with Crippen molar-refractivity contribution in [3.63, 3.8) is 0 Å². The average molecular weight is 289 g/mol. The lowest BCUT2D eigenvalue weighted by Gasteiger charge is -2.34. The molecule has 3 heteroatoms. The summed E-state index contributed by atoms with van der Waals surface area (Å²) < 4.78 is 5.44. The van der Waals surface area contributed by atoms with E-state index in [1.165, 1.54) is 12.8 Å². The molecule has 0 saturated carbocycles. The van der Waals surface area contributed by atoms with Crippen molar-refractivity contribution in [3.8, 4) is 5.75 Å². The predicted octanol–water partition coefficient (Wildman–Crippen LogP) is 3.77. The maximum Gasteiger partial charge on any atom is 0.159 e. The van der Waals surface area contributed by atoms with Crippen molar-refractivity contribution in [2.24, 2.45) is 11.8 Å². The molecule has 0 bridgehead atoms. The molecule has 0 unspecified atom stereocenters. The second-order valence-corrected chi connectivity index (χ2v) is 6.44. The minimum Gasteiger partial charge on any atom is -0.496 e. The van der Waals surface area contributed by atoms with E-state index < -0.39 is 0 Å². The van der Waals surface area contributed by atoms with Crippen LogP contribution in [0.1, 0.15) is 49.5 Å². The zero-order valence-corrected chi connectivity index (χ0v) is 13.7. The first-order valence-electron chi connectivity index (χ1n) is 7.91. The van der Waals surface area contributed by atoms with Crippen LogP contribution in [0.25, 0.3) is 0 Å². The molecule has 3 nitrogen and oxygen atoms in total. The van der Waals surface area contributed by atoms with Gasteiger partial charge < -0.3 is 4.74 Å². The van der Waals surface area contributed by atoms with Crippen molar-refractivity contribution in [2.45, 2.75) is 40.2 Å². The summed E-state index contributed by atoms with van der Waals surface area (Å²) in [6.45, 7) is 9.39. The molecule has 1 aromatic carbocycles. The minimum atomic E-state index is 0.109. The standard InChI is InChI=1S/C18H27NO2/c1-13(2)15-7-9-19(10-8-15)12-17-11-16(14(3)20)5-6-18(17)21-4/h5-6,11,13,15H,7-10,12H2,1-4H3. The zero-order valence-electron chi connectivity index (χ0n) is 13.7. The number of nitrogens with zero attached hydrogens (tertiary/aromatic N) is 1. The lowest BCUT2D eigenvalue weighted by Crippen LogP contribution is -2.34. The van der Waals surface area contributed by atoms with Gasteiger partial charge in [-0.25, -0.2) is 0 Å². The van der Waals surface area contributed by atoms with E-state index in [9.17, 15) is 4.79 Å². The highest BCUT2D eigenvalue weighted by molar-refractivity contribution is 5.94. The molecule has 0 N–H and O–H groups in total. The molecule has 1 aliphatic rings. The third-order valence-corrected chi connectivity index (χ3v) is 4.66. The van der Waals surface area contributed by atoms with Crippen LogP contribution in [0.3, 0.4) is 0 Å². The summed E-state index contributed by atoms with van der Waals surface area (Å²) in [5.74, 6) is 2.62. The Kier molecular flexibility index (Phi) is 5.40. The lowest BCUT2D eigenvalue weighted by molar-refractivity contribution is 0.101. The van der Waals surface area contributed by atoms with E-state index >= 15 is 0 Å². The molecule has 0 aliphatic carbocycles. The number of carbonyl (C=O) groups excluding carboxylic acids is 1. The van der Waals surface area contributed by atoms with Crippen molar-refractivity contribution in [2.75, 3.05) is 20.2 Å². The number of carbonyl (C=O) groups is 1. The fourth-order valence-corrected chi connectivity index (χ4v) is 3.14. The molecule has 1 saturated heterocycles. The second-order valence-electron chi connectivity index (χ2n) is 6.44. The summed E-state index contributed by atoms with van der Waals surface area (Å²) >= 11 is 0. The SMILES string of the molecule is COc1ccc(C(C)=O)cc1CN1CCC(C(C)C)CC1. The number of benzene rings is 1. The van der Waals surface area contributed by atoms with Crippen LogP contribution in [-0.2, 0) is 6.54 Å². The molecule has 0 radical (unpaired) electrons. The van der Waals surface area contributed by atoms with Crippen molar-refractivity contribution < 1.29 is 9.53 Å². The van der Waals surface area contributed by atoms with Crippen LogP contribution < -0.4 is 4.74 Å². The first-order valence-corrected chi connectivity index (χ1v) is 7.91. The Balaban J connectivity index is 2.05. The van der Waals surface area contributed by atoms with E-state index in [1.807, 2.05) is 18.2 Å². The summed E-state index contributed by atoms with van der Waals surface area (Å²) in [5.41, 5.74) is 1.89. The lowest BCUT2D eigenvalue weighted by atomic mass is 9.86. The monoisotopic (exact) mass is 289 g/mol. The Morgan fingerprint density at radius 2 is 2.00 bits per heavy atom. The molecule has 1 heterocycles. The predicted molar refractivity (Wildman–Crippen MR) is 85.8 cm³/mol. The van der Waals surface area contributed by atoms with Gasteiger partial charge in [0.05, 0.1) is 7.11 Å². The molecule has 1 aliphatic heterocycles. The van der Waals surface area contributed by atoms with Gasteiger partial charge in [-0.05, 0) is 62.9 Å². The first kappa shape index (κ1) is 16.0. The molecular weight excluding hydrogens is 262 g/mol. The maximum atomic E-state index is 11.6. The highest BCUT2D eigenvalue weighted by Crippen LogP contribution is 2.27. The fraction of sp³-hybridized carbons (Fsp3) is 0.611. The summed E-state index contributed by atoms with van der Waals surface area (Å²) in [5, 5.41) is 0. The Labute approximate surface area is 128 Å². The molecule has 116 valence electrons. The summed E-state index contributed by atoms with van der Waals surface area (Å²) in [4.78, 5) is 14.0. The number of ether oxygens (including phenoxy) is 1. The molecular formula is C18H27NO2. The number of methoxy groups -OCH3 is 1. The summed E-state index contributed by atoms with van der Waals surface area (Å²) in [6, 6.07) is 5.73. The van der Waals surface area contributed by atoms with Crippen molar-refractivity contribution >= 4 is 5.78 Å². The fourth-order valence-electron chi connectivity index (χ4n) is 3.14. The van der Waals surface area contributed by atoms with Crippen LogP contribution in [0.4, 0.5) is 0 Å². The quantitative estimate of drug-likeness (QED) is 0.773. The number of Topliss-reactive ketones (excluding diaryl/α,β-unsaturated/α-hetero) is 1. The smallest absolute Gasteiger partial charge is 0.159 e. The molecule has 2 rings (SSSR count). The van der Waals surface area contributed by atoms with Crippen LogP contribution in [-0.4, -0.2) is 30.9 Å². The molecule has 0 spiro atoms. The third-order valence-electron chi connectivity index (χ3n) is 4.66. The van der Waals surface area contributed by atoms with Gasteiger partial charge in [-0.15, -0.1) is 0 Å². The Morgan fingerprint density at radius 1 is 1.33 bits per heavy atom. The minimum absolute atomic E-state index is 0.109. The maximum absolute atomic E-state index is 11.6. The molecule has 1 fully saturated rings. The van der Waals surface area contributed by atoms with Crippen LogP contribution in [0.5, 0.6) is 5.75 Å². The van der Waals surface area contributed by atoms with Gasteiger partial charge >= 0.3 is 0 Å². The van der Waals surface area contributed by atoms with Crippen molar-refractivity contribution in [1.29, 1.82) is 0 Å². The highest BCUT2D eigenvalue weighted by Gasteiger charge is 2.22. The Bertz CT molecular complexity index is 488. The topological polar surface area (TPSA) is 29.5 Å². The van der Waals surface area contributed by atoms with Gasteiger partial charge in [0.1, 0.15) is 5.75 Å². The summed E-state index contributed by atoms with van der Waals surface area (Å²) in [6.07, 6.45) is 2.54. The molecule has 0 amide bonds.